The van der Waals surface area contributed by atoms with E-state index in [0.717, 1.165) is 30.8 Å². The summed E-state index contributed by atoms with van der Waals surface area (Å²) in [7, 11) is 1.82. The van der Waals surface area contributed by atoms with E-state index < -0.39 is 0 Å². The Morgan fingerprint density at radius 3 is 3.00 bits per heavy atom. The third-order valence-electron chi connectivity index (χ3n) is 3.71. The standard InChI is InChI=1S/C18H25N3O2/c1-4-6-9-21-10-11-23-17-8-7-15(12-16(17)18(21)22)20-14(5-2)13-19-3/h5,7-8,12-13,19-20H,2,4,6,9-11H2,1,3H3/b14-13+. The number of hydrogen-bond acceptors (Lipinski definition) is 4. The number of unbranched alkanes of at least 4 members (excludes halogenated alkanes) is 1. The lowest BCUT2D eigenvalue weighted by molar-refractivity contribution is 0.0753. The number of allylic oxidation sites excluding steroid dienone is 1. The molecule has 124 valence electrons. The normalized spacial score (nSPS) is 14.6. The second kappa shape index (κ2) is 8.27. The van der Waals surface area contributed by atoms with Crippen molar-refractivity contribution in [3.63, 3.8) is 0 Å². The fourth-order valence-electron chi connectivity index (χ4n) is 2.47. The smallest absolute Gasteiger partial charge is 0.257 e. The van der Waals surface area contributed by atoms with Crippen LogP contribution in [0.5, 0.6) is 5.75 Å². The summed E-state index contributed by atoms with van der Waals surface area (Å²) < 4.78 is 5.73. The summed E-state index contributed by atoms with van der Waals surface area (Å²) in [5, 5.41) is 6.19. The Hall–Kier alpha value is -2.43. The van der Waals surface area contributed by atoms with Gasteiger partial charge in [-0.1, -0.05) is 19.9 Å². The first-order chi connectivity index (χ1) is 11.2. The summed E-state index contributed by atoms with van der Waals surface area (Å²) in [5.41, 5.74) is 2.27. The molecule has 0 aromatic heterocycles. The van der Waals surface area contributed by atoms with E-state index in [1.807, 2.05) is 36.3 Å². The van der Waals surface area contributed by atoms with E-state index in [2.05, 4.69) is 24.1 Å². The van der Waals surface area contributed by atoms with Gasteiger partial charge in [-0.2, -0.15) is 0 Å². The van der Waals surface area contributed by atoms with Crippen LogP contribution in [0.25, 0.3) is 0 Å². The van der Waals surface area contributed by atoms with Gasteiger partial charge in [-0.3, -0.25) is 4.79 Å². The minimum atomic E-state index is 0.0346. The fraction of sp³-hybridized carbons (Fsp3) is 0.389. The first-order valence-corrected chi connectivity index (χ1v) is 8.02. The lowest BCUT2D eigenvalue weighted by Crippen LogP contribution is -2.33. The van der Waals surface area contributed by atoms with Gasteiger partial charge in [0.2, 0.25) is 0 Å². The van der Waals surface area contributed by atoms with Crippen molar-refractivity contribution in [3.05, 3.63) is 48.3 Å². The van der Waals surface area contributed by atoms with Crippen LogP contribution < -0.4 is 15.4 Å². The second-order valence-electron chi connectivity index (χ2n) is 5.42. The van der Waals surface area contributed by atoms with E-state index in [1.54, 1.807) is 6.08 Å². The minimum Gasteiger partial charge on any atom is -0.491 e. The molecule has 1 aliphatic rings. The van der Waals surface area contributed by atoms with Gasteiger partial charge < -0.3 is 20.3 Å². The zero-order valence-electron chi connectivity index (χ0n) is 13.9. The molecule has 5 nitrogen and oxygen atoms in total. The predicted octanol–water partition coefficient (Wildman–Crippen LogP) is 2.98. The number of benzene rings is 1. The third kappa shape index (κ3) is 4.28. The number of nitrogens with zero attached hydrogens (tertiary/aromatic N) is 1. The van der Waals surface area contributed by atoms with Crippen molar-refractivity contribution in [2.45, 2.75) is 19.8 Å². The average Bonchev–Trinajstić information content (AvgIpc) is 2.72. The van der Waals surface area contributed by atoms with Crippen molar-refractivity contribution in [3.8, 4) is 5.75 Å². The van der Waals surface area contributed by atoms with E-state index in [-0.39, 0.29) is 5.91 Å². The molecule has 1 aromatic carbocycles. The zero-order chi connectivity index (χ0) is 16.7. The van der Waals surface area contributed by atoms with Gasteiger partial charge in [0.25, 0.3) is 5.91 Å². The van der Waals surface area contributed by atoms with Crippen LogP contribution in [0.15, 0.2) is 42.8 Å². The van der Waals surface area contributed by atoms with Crippen molar-refractivity contribution < 1.29 is 9.53 Å². The Balaban J connectivity index is 2.24. The molecule has 0 unspecified atom stereocenters. The summed E-state index contributed by atoms with van der Waals surface area (Å²) in [6.45, 7) is 7.83. The van der Waals surface area contributed by atoms with Crippen molar-refractivity contribution in [1.82, 2.24) is 10.2 Å². The number of carbonyl (C=O) groups excluding carboxylic acids is 1. The van der Waals surface area contributed by atoms with Crippen molar-refractivity contribution in [1.29, 1.82) is 0 Å². The molecule has 1 aliphatic heterocycles. The first kappa shape index (κ1) is 16.9. The molecule has 0 atom stereocenters. The molecule has 1 heterocycles. The summed E-state index contributed by atoms with van der Waals surface area (Å²) in [5.74, 6) is 0.685. The van der Waals surface area contributed by atoms with E-state index >= 15 is 0 Å². The molecular weight excluding hydrogens is 290 g/mol. The molecule has 0 radical (unpaired) electrons. The summed E-state index contributed by atoms with van der Waals surface area (Å²) in [6, 6.07) is 5.59. The van der Waals surface area contributed by atoms with E-state index in [9.17, 15) is 4.79 Å². The molecule has 0 bridgehead atoms. The van der Waals surface area contributed by atoms with Gasteiger partial charge in [0.1, 0.15) is 12.4 Å². The molecule has 0 spiro atoms. The topological polar surface area (TPSA) is 53.6 Å². The number of rotatable bonds is 7. The highest BCUT2D eigenvalue weighted by Crippen LogP contribution is 2.27. The van der Waals surface area contributed by atoms with Crippen molar-refractivity contribution in [2.24, 2.45) is 0 Å². The largest absolute Gasteiger partial charge is 0.491 e. The molecule has 5 heteroatoms. The summed E-state index contributed by atoms with van der Waals surface area (Å²) in [4.78, 5) is 14.6. The van der Waals surface area contributed by atoms with Crippen LogP contribution in [0.4, 0.5) is 5.69 Å². The maximum Gasteiger partial charge on any atom is 0.257 e. The van der Waals surface area contributed by atoms with Crippen molar-refractivity contribution >= 4 is 11.6 Å². The molecule has 0 aliphatic carbocycles. The maximum absolute atomic E-state index is 12.7. The van der Waals surface area contributed by atoms with Gasteiger partial charge in [0.05, 0.1) is 17.8 Å². The molecule has 1 aromatic rings. The van der Waals surface area contributed by atoms with Crippen molar-refractivity contribution in [2.75, 3.05) is 32.1 Å². The quantitative estimate of drug-likeness (QED) is 0.760. The number of hydrogen-bond donors (Lipinski definition) is 2. The Morgan fingerprint density at radius 1 is 1.48 bits per heavy atom. The van der Waals surface area contributed by atoms with Crippen LogP contribution in [0.2, 0.25) is 0 Å². The van der Waals surface area contributed by atoms with E-state index in [0.29, 0.717) is 24.5 Å². The van der Waals surface area contributed by atoms with Crippen LogP contribution >= 0.6 is 0 Å². The minimum absolute atomic E-state index is 0.0346. The summed E-state index contributed by atoms with van der Waals surface area (Å²) in [6.07, 6.45) is 5.60. The number of ether oxygens (including phenoxy) is 1. The molecule has 2 N–H and O–H groups in total. The SMILES string of the molecule is C=C/C(=C\NC)Nc1ccc2c(c1)C(=O)N(CCCC)CCO2. The molecule has 1 amide bonds. The molecule has 0 saturated carbocycles. The van der Waals surface area contributed by atoms with Gasteiger partial charge >= 0.3 is 0 Å². The molecule has 2 rings (SSSR count). The average molecular weight is 315 g/mol. The van der Waals surface area contributed by atoms with Crippen LogP contribution in [0.3, 0.4) is 0 Å². The maximum atomic E-state index is 12.7. The zero-order valence-corrected chi connectivity index (χ0v) is 13.9. The highest BCUT2D eigenvalue weighted by molar-refractivity contribution is 5.98. The fourth-order valence-corrected chi connectivity index (χ4v) is 2.47. The highest BCUT2D eigenvalue weighted by atomic mass is 16.5. The lowest BCUT2D eigenvalue weighted by Gasteiger charge is -2.19. The van der Waals surface area contributed by atoms with Crippen LogP contribution in [-0.2, 0) is 0 Å². The Bertz CT molecular complexity index is 594. The molecule has 0 saturated heterocycles. The predicted molar refractivity (Wildman–Crippen MR) is 93.7 cm³/mol. The number of amides is 1. The monoisotopic (exact) mass is 315 g/mol. The Kier molecular flexibility index (Phi) is 6.09. The van der Waals surface area contributed by atoms with Gasteiger partial charge in [0.15, 0.2) is 0 Å². The molecular formula is C18H25N3O2. The van der Waals surface area contributed by atoms with E-state index in [4.69, 9.17) is 4.74 Å². The van der Waals surface area contributed by atoms with Crippen LogP contribution in [0, 0.1) is 0 Å². The number of carbonyl (C=O) groups is 1. The third-order valence-corrected chi connectivity index (χ3v) is 3.71. The van der Waals surface area contributed by atoms with Gasteiger partial charge in [-0.25, -0.2) is 0 Å². The van der Waals surface area contributed by atoms with Crippen LogP contribution in [-0.4, -0.2) is 37.6 Å². The second-order valence-corrected chi connectivity index (χ2v) is 5.42. The Labute approximate surface area is 138 Å². The van der Waals surface area contributed by atoms with E-state index in [1.165, 1.54) is 0 Å². The van der Waals surface area contributed by atoms with Gasteiger partial charge in [0, 0.05) is 25.5 Å². The van der Waals surface area contributed by atoms with Crippen LogP contribution in [0.1, 0.15) is 30.1 Å². The Morgan fingerprint density at radius 2 is 2.30 bits per heavy atom. The first-order valence-electron chi connectivity index (χ1n) is 8.02. The number of fused-ring (bicyclic) bond motifs is 1. The van der Waals surface area contributed by atoms with Gasteiger partial charge in [-0.05, 0) is 30.7 Å². The lowest BCUT2D eigenvalue weighted by atomic mass is 10.1. The summed E-state index contributed by atoms with van der Waals surface area (Å²) >= 11 is 0. The van der Waals surface area contributed by atoms with Gasteiger partial charge in [-0.15, -0.1) is 0 Å². The number of anilines is 1. The molecule has 23 heavy (non-hydrogen) atoms. The highest BCUT2D eigenvalue weighted by Gasteiger charge is 2.23. The number of nitrogens with one attached hydrogen (secondary N) is 2. The molecule has 0 fully saturated rings.